The smallest absolute Gasteiger partial charge is 0.241 e. The van der Waals surface area contributed by atoms with Gasteiger partial charge in [-0.3, -0.25) is 9.10 Å². The Morgan fingerprint density at radius 3 is 2.27 bits per heavy atom. The second-order valence-corrected chi connectivity index (χ2v) is 9.39. The first kappa shape index (κ1) is 23.7. The molecule has 7 heteroatoms. The van der Waals surface area contributed by atoms with E-state index in [1.54, 1.807) is 24.3 Å². The van der Waals surface area contributed by atoms with Crippen LogP contribution >= 0.6 is 0 Å². The lowest BCUT2D eigenvalue weighted by atomic mass is 9.99. The largest absolute Gasteiger partial charge is 0.494 e. The van der Waals surface area contributed by atoms with Gasteiger partial charge < -0.3 is 10.1 Å². The Hall–Kier alpha value is -2.54. The van der Waals surface area contributed by atoms with Gasteiger partial charge in [0, 0.05) is 0 Å². The predicted octanol–water partition coefficient (Wildman–Crippen LogP) is 4.13. The summed E-state index contributed by atoms with van der Waals surface area (Å²) in [7, 11) is -3.63. The number of carbonyl (C=O) groups is 1. The molecule has 1 amide bonds. The number of benzene rings is 2. The normalized spacial score (nSPS) is 12.3. The van der Waals surface area contributed by atoms with Gasteiger partial charge in [-0.1, -0.05) is 32.0 Å². The molecular formula is C23H32N2O4S. The van der Waals surface area contributed by atoms with Gasteiger partial charge in [-0.2, -0.15) is 0 Å². The van der Waals surface area contributed by atoms with Crippen LogP contribution in [0.3, 0.4) is 0 Å². The minimum absolute atomic E-state index is 0.178. The van der Waals surface area contributed by atoms with Gasteiger partial charge in [0.2, 0.25) is 15.9 Å². The second kappa shape index (κ2) is 10.5. The van der Waals surface area contributed by atoms with Crippen LogP contribution in [0.4, 0.5) is 5.69 Å². The van der Waals surface area contributed by atoms with Crippen LogP contribution in [0.25, 0.3) is 0 Å². The van der Waals surface area contributed by atoms with Crippen molar-refractivity contribution in [3.63, 3.8) is 0 Å². The van der Waals surface area contributed by atoms with Crippen molar-refractivity contribution < 1.29 is 17.9 Å². The molecule has 164 valence electrons. The van der Waals surface area contributed by atoms with E-state index in [0.717, 1.165) is 28.1 Å². The van der Waals surface area contributed by atoms with E-state index in [0.29, 0.717) is 24.5 Å². The zero-order chi connectivity index (χ0) is 22.3. The fourth-order valence-corrected chi connectivity index (χ4v) is 3.96. The van der Waals surface area contributed by atoms with Gasteiger partial charge in [0.15, 0.2) is 0 Å². The molecule has 2 aromatic rings. The van der Waals surface area contributed by atoms with E-state index >= 15 is 0 Å². The predicted molar refractivity (Wildman–Crippen MR) is 122 cm³/mol. The van der Waals surface area contributed by atoms with Crippen LogP contribution in [0.5, 0.6) is 5.75 Å². The number of amides is 1. The van der Waals surface area contributed by atoms with Crippen molar-refractivity contribution >= 4 is 21.6 Å². The molecule has 0 saturated carbocycles. The molecule has 0 heterocycles. The molecule has 0 aliphatic rings. The number of hydrogen-bond donors (Lipinski definition) is 1. The summed E-state index contributed by atoms with van der Waals surface area (Å²) in [6.45, 7) is 8.39. The SMILES string of the molecule is CCCOc1ccc(N(CC(=O)N[C@H](CC)c2ccc(C)c(C)c2)S(C)(=O)=O)cc1. The van der Waals surface area contributed by atoms with Crippen LogP contribution in [0.1, 0.15) is 49.4 Å². The summed E-state index contributed by atoms with van der Waals surface area (Å²) in [5.41, 5.74) is 3.78. The van der Waals surface area contributed by atoms with Gasteiger partial charge in [0.1, 0.15) is 12.3 Å². The molecule has 2 rings (SSSR count). The summed E-state index contributed by atoms with van der Waals surface area (Å²) in [4.78, 5) is 12.7. The van der Waals surface area contributed by atoms with Crippen molar-refractivity contribution in [2.24, 2.45) is 0 Å². The monoisotopic (exact) mass is 432 g/mol. The fraction of sp³-hybridized carbons (Fsp3) is 0.435. The molecular weight excluding hydrogens is 400 g/mol. The Kier molecular flexibility index (Phi) is 8.29. The van der Waals surface area contributed by atoms with Crippen LogP contribution < -0.4 is 14.4 Å². The Morgan fingerprint density at radius 1 is 1.07 bits per heavy atom. The molecule has 0 aliphatic heterocycles. The van der Waals surface area contributed by atoms with E-state index in [-0.39, 0.29) is 18.5 Å². The first-order chi connectivity index (χ1) is 14.2. The van der Waals surface area contributed by atoms with Crippen LogP contribution in [0.15, 0.2) is 42.5 Å². The highest BCUT2D eigenvalue weighted by atomic mass is 32.2. The van der Waals surface area contributed by atoms with Gasteiger partial charge in [0.25, 0.3) is 0 Å². The highest BCUT2D eigenvalue weighted by molar-refractivity contribution is 7.92. The highest BCUT2D eigenvalue weighted by Gasteiger charge is 2.22. The Labute approximate surface area is 180 Å². The summed E-state index contributed by atoms with van der Waals surface area (Å²) < 4.78 is 31.3. The molecule has 0 bridgehead atoms. The number of anilines is 1. The van der Waals surface area contributed by atoms with Crippen molar-refractivity contribution in [1.82, 2.24) is 5.32 Å². The summed E-state index contributed by atoms with van der Waals surface area (Å²) >= 11 is 0. The van der Waals surface area contributed by atoms with Crippen LogP contribution in [0, 0.1) is 13.8 Å². The van der Waals surface area contributed by atoms with Gasteiger partial charge in [-0.25, -0.2) is 8.42 Å². The summed E-state index contributed by atoms with van der Waals surface area (Å²) in [5, 5.41) is 2.97. The average Bonchev–Trinajstić information content (AvgIpc) is 2.70. The lowest BCUT2D eigenvalue weighted by molar-refractivity contribution is -0.120. The number of ether oxygens (including phenoxy) is 1. The molecule has 0 saturated heterocycles. The number of sulfonamides is 1. The summed E-state index contributed by atoms with van der Waals surface area (Å²) in [5.74, 6) is 0.316. The van der Waals surface area contributed by atoms with E-state index in [1.165, 1.54) is 5.56 Å². The third kappa shape index (κ3) is 6.49. The van der Waals surface area contributed by atoms with E-state index in [4.69, 9.17) is 4.74 Å². The van der Waals surface area contributed by atoms with Crippen LogP contribution in [-0.4, -0.2) is 33.7 Å². The van der Waals surface area contributed by atoms with Crippen molar-refractivity contribution in [3.8, 4) is 5.75 Å². The average molecular weight is 433 g/mol. The van der Waals surface area contributed by atoms with Crippen molar-refractivity contribution in [1.29, 1.82) is 0 Å². The quantitative estimate of drug-likeness (QED) is 0.613. The number of nitrogens with zero attached hydrogens (tertiary/aromatic N) is 1. The minimum atomic E-state index is -3.63. The molecule has 0 aliphatic carbocycles. The maximum Gasteiger partial charge on any atom is 0.241 e. The molecule has 30 heavy (non-hydrogen) atoms. The van der Waals surface area contributed by atoms with Gasteiger partial charge in [-0.05, 0) is 67.6 Å². The zero-order valence-electron chi connectivity index (χ0n) is 18.4. The lowest BCUT2D eigenvalue weighted by Gasteiger charge is -2.24. The highest BCUT2D eigenvalue weighted by Crippen LogP contribution is 2.23. The van der Waals surface area contributed by atoms with Gasteiger partial charge >= 0.3 is 0 Å². The number of nitrogens with one attached hydrogen (secondary N) is 1. The van der Waals surface area contributed by atoms with Gasteiger partial charge in [0.05, 0.1) is 24.6 Å². The topological polar surface area (TPSA) is 75.7 Å². The third-order valence-electron chi connectivity index (χ3n) is 4.96. The van der Waals surface area contributed by atoms with E-state index in [2.05, 4.69) is 11.4 Å². The number of hydrogen-bond acceptors (Lipinski definition) is 4. The number of carbonyl (C=O) groups excluding carboxylic acids is 1. The Balaban J connectivity index is 2.15. The first-order valence-electron chi connectivity index (χ1n) is 10.2. The fourth-order valence-electron chi connectivity index (χ4n) is 3.10. The molecule has 6 nitrogen and oxygen atoms in total. The maximum atomic E-state index is 12.7. The summed E-state index contributed by atoms with van der Waals surface area (Å²) in [6, 6.07) is 12.6. The molecule has 2 aromatic carbocycles. The second-order valence-electron chi connectivity index (χ2n) is 7.48. The third-order valence-corrected chi connectivity index (χ3v) is 6.10. The molecule has 1 N–H and O–H groups in total. The Bertz CT molecular complexity index is 956. The van der Waals surface area contributed by atoms with Crippen molar-refractivity contribution in [2.45, 2.75) is 46.6 Å². The van der Waals surface area contributed by atoms with Crippen molar-refractivity contribution in [2.75, 3.05) is 23.7 Å². The van der Waals surface area contributed by atoms with E-state index < -0.39 is 10.0 Å². The van der Waals surface area contributed by atoms with Crippen LogP contribution in [0.2, 0.25) is 0 Å². The van der Waals surface area contributed by atoms with E-state index in [9.17, 15) is 13.2 Å². The molecule has 0 radical (unpaired) electrons. The molecule has 1 atom stereocenters. The first-order valence-corrected chi connectivity index (χ1v) is 12.1. The zero-order valence-corrected chi connectivity index (χ0v) is 19.3. The maximum absolute atomic E-state index is 12.7. The molecule has 0 unspecified atom stereocenters. The minimum Gasteiger partial charge on any atom is -0.494 e. The van der Waals surface area contributed by atoms with Gasteiger partial charge in [-0.15, -0.1) is 0 Å². The van der Waals surface area contributed by atoms with Crippen molar-refractivity contribution in [3.05, 3.63) is 59.2 Å². The van der Waals surface area contributed by atoms with Crippen LogP contribution in [-0.2, 0) is 14.8 Å². The number of aryl methyl sites for hydroxylation is 2. The lowest BCUT2D eigenvalue weighted by Crippen LogP contribution is -2.41. The number of rotatable bonds is 10. The standard InChI is InChI=1S/C23H32N2O4S/c1-6-14-29-21-12-10-20(11-13-21)25(30(5,27)28)16-23(26)24-22(7-2)19-9-8-17(3)18(4)15-19/h8-13,15,22H,6-7,14,16H2,1-5H3,(H,24,26)/t22-/m1/s1. The summed E-state index contributed by atoms with van der Waals surface area (Å²) in [6.07, 6.45) is 2.69. The molecule has 0 fully saturated rings. The Morgan fingerprint density at radius 2 is 1.73 bits per heavy atom. The van der Waals surface area contributed by atoms with E-state index in [1.807, 2.05) is 39.8 Å². The molecule has 0 aromatic heterocycles. The molecule has 0 spiro atoms.